The molecule has 0 aliphatic rings. The molecule has 0 spiro atoms. The first-order valence-corrected chi connectivity index (χ1v) is 5.77. The summed E-state index contributed by atoms with van der Waals surface area (Å²) in [6.07, 6.45) is 5.55. The van der Waals surface area contributed by atoms with E-state index in [0.717, 1.165) is 0 Å². The van der Waals surface area contributed by atoms with Crippen LogP contribution < -0.4 is 10.6 Å². The normalized spacial score (nSPS) is 12.7. The van der Waals surface area contributed by atoms with Gasteiger partial charge in [0.15, 0.2) is 0 Å². The van der Waals surface area contributed by atoms with Gasteiger partial charge in [-0.1, -0.05) is 12.8 Å². The van der Waals surface area contributed by atoms with Crippen molar-refractivity contribution in [3.05, 3.63) is 0 Å². The van der Waals surface area contributed by atoms with Crippen LogP contribution >= 0.6 is 0 Å². The lowest BCUT2D eigenvalue weighted by atomic mass is 10.1. The Kier molecular flexibility index (Phi) is 7.77. The molecule has 0 aromatic rings. The summed E-state index contributed by atoms with van der Waals surface area (Å²) in [5, 5.41) is 13.6. The molecule has 7 heteroatoms. The fourth-order valence-corrected chi connectivity index (χ4v) is 1.24. The van der Waals surface area contributed by atoms with E-state index >= 15 is 0 Å². The zero-order chi connectivity index (χ0) is 14.8. The lowest BCUT2D eigenvalue weighted by Gasteiger charge is -2.16. The molecule has 1 unspecified atom stereocenters. The van der Waals surface area contributed by atoms with Gasteiger partial charge < -0.3 is 20.5 Å². The summed E-state index contributed by atoms with van der Waals surface area (Å²) in [5.74, 6) is 0.584. The van der Waals surface area contributed by atoms with Gasteiger partial charge in [0.2, 0.25) is 0 Å². The fourth-order valence-electron chi connectivity index (χ4n) is 1.24. The van der Waals surface area contributed by atoms with Crippen LogP contribution in [-0.2, 0) is 14.3 Å². The van der Waals surface area contributed by atoms with Gasteiger partial charge in [0.1, 0.15) is 6.04 Å². The molecular weight excluding hydrogens is 252 g/mol. The standard InChI is InChI=1S/C12H18N2O5/c1-4-8(5-2)13-12(18)14-9(11(16)17)6-7-10(15)19-3/h1,8-9H,5-7H2,2-3H3,(H,16,17)(H2,13,14,18)/t8?,9-/m0/s1. The largest absolute Gasteiger partial charge is 0.480 e. The van der Waals surface area contributed by atoms with E-state index in [9.17, 15) is 14.4 Å². The molecule has 0 aliphatic carbocycles. The second-order valence-electron chi connectivity index (χ2n) is 3.75. The Labute approximate surface area is 111 Å². The molecule has 0 fully saturated rings. The number of nitrogens with one attached hydrogen (secondary N) is 2. The second-order valence-corrected chi connectivity index (χ2v) is 3.75. The molecule has 0 aromatic heterocycles. The molecule has 7 nitrogen and oxygen atoms in total. The number of hydrogen-bond acceptors (Lipinski definition) is 4. The molecule has 0 aliphatic heterocycles. The zero-order valence-electron chi connectivity index (χ0n) is 10.9. The molecular formula is C12H18N2O5. The maximum absolute atomic E-state index is 11.5. The van der Waals surface area contributed by atoms with E-state index in [1.807, 2.05) is 0 Å². The summed E-state index contributed by atoms with van der Waals surface area (Å²) in [6.45, 7) is 1.79. The average Bonchev–Trinajstić information content (AvgIpc) is 2.39. The molecule has 2 atom stereocenters. The van der Waals surface area contributed by atoms with Crippen molar-refractivity contribution in [3.63, 3.8) is 0 Å². The molecule has 3 N–H and O–H groups in total. The lowest BCUT2D eigenvalue weighted by Crippen LogP contribution is -2.48. The van der Waals surface area contributed by atoms with Crippen molar-refractivity contribution in [3.8, 4) is 12.3 Å². The number of rotatable bonds is 7. The third-order valence-corrected chi connectivity index (χ3v) is 2.38. The number of urea groups is 1. The number of aliphatic carboxylic acids is 1. The van der Waals surface area contributed by atoms with Crippen molar-refractivity contribution < 1.29 is 24.2 Å². The predicted molar refractivity (Wildman–Crippen MR) is 67.3 cm³/mol. The van der Waals surface area contributed by atoms with Crippen LogP contribution in [0.25, 0.3) is 0 Å². The van der Waals surface area contributed by atoms with Gasteiger partial charge >= 0.3 is 18.0 Å². The third-order valence-electron chi connectivity index (χ3n) is 2.38. The molecule has 0 bridgehead atoms. The monoisotopic (exact) mass is 270 g/mol. The molecule has 0 heterocycles. The van der Waals surface area contributed by atoms with Crippen LogP contribution in [0.3, 0.4) is 0 Å². The first-order chi connectivity index (χ1) is 8.94. The van der Waals surface area contributed by atoms with E-state index in [1.165, 1.54) is 7.11 Å². The van der Waals surface area contributed by atoms with Crippen LogP contribution in [-0.4, -0.2) is 42.3 Å². The average molecular weight is 270 g/mol. The number of terminal acetylenes is 1. The molecule has 0 aromatic carbocycles. The van der Waals surface area contributed by atoms with E-state index < -0.39 is 30.1 Å². The van der Waals surface area contributed by atoms with Crippen LogP contribution in [0.2, 0.25) is 0 Å². The van der Waals surface area contributed by atoms with Gasteiger partial charge in [-0.3, -0.25) is 4.79 Å². The van der Waals surface area contributed by atoms with Crippen molar-refractivity contribution in [1.29, 1.82) is 0 Å². The minimum Gasteiger partial charge on any atom is -0.480 e. The molecule has 106 valence electrons. The Morgan fingerprint density at radius 1 is 1.37 bits per heavy atom. The number of carboxylic acids is 1. The number of carbonyl (C=O) groups excluding carboxylic acids is 2. The zero-order valence-corrected chi connectivity index (χ0v) is 10.9. The van der Waals surface area contributed by atoms with Crippen molar-refractivity contribution in [2.75, 3.05) is 7.11 Å². The Hall–Kier alpha value is -2.23. The van der Waals surface area contributed by atoms with Gasteiger partial charge in [0.25, 0.3) is 0 Å². The molecule has 2 amide bonds. The predicted octanol–water partition coefficient (Wildman–Crippen LogP) is 0.104. The summed E-state index contributed by atoms with van der Waals surface area (Å²) >= 11 is 0. The number of hydrogen-bond donors (Lipinski definition) is 3. The lowest BCUT2D eigenvalue weighted by molar-refractivity contribution is -0.142. The Balaban J connectivity index is 4.35. The summed E-state index contributed by atoms with van der Waals surface area (Å²) in [6, 6.07) is -2.31. The topological polar surface area (TPSA) is 105 Å². The highest BCUT2D eigenvalue weighted by molar-refractivity contribution is 5.83. The van der Waals surface area contributed by atoms with E-state index in [2.05, 4.69) is 21.3 Å². The Bertz CT molecular complexity index is 375. The fraction of sp³-hybridized carbons (Fsp3) is 0.583. The minimum atomic E-state index is -1.23. The van der Waals surface area contributed by atoms with E-state index in [-0.39, 0.29) is 12.8 Å². The molecule has 19 heavy (non-hydrogen) atoms. The maximum atomic E-state index is 11.5. The van der Waals surface area contributed by atoms with Gasteiger partial charge in [-0.25, -0.2) is 9.59 Å². The molecule has 0 rings (SSSR count). The van der Waals surface area contributed by atoms with Crippen molar-refractivity contribution >= 4 is 18.0 Å². The van der Waals surface area contributed by atoms with Gasteiger partial charge in [0.05, 0.1) is 13.2 Å². The summed E-state index contributed by atoms with van der Waals surface area (Å²) in [4.78, 5) is 33.4. The van der Waals surface area contributed by atoms with Crippen LogP contribution in [0, 0.1) is 12.3 Å². The number of amides is 2. The molecule has 0 radical (unpaired) electrons. The van der Waals surface area contributed by atoms with Crippen LogP contribution in [0.5, 0.6) is 0 Å². The number of methoxy groups -OCH3 is 1. The van der Waals surface area contributed by atoms with Crippen molar-refractivity contribution in [1.82, 2.24) is 10.6 Å². The molecule has 0 saturated carbocycles. The first kappa shape index (κ1) is 16.8. The van der Waals surface area contributed by atoms with Crippen molar-refractivity contribution in [2.24, 2.45) is 0 Å². The van der Waals surface area contributed by atoms with Crippen molar-refractivity contribution in [2.45, 2.75) is 38.3 Å². The second kappa shape index (κ2) is 8.80. The quantitative estimate of drug-likeness (QED) is 0.449. The highest BCUT2D eigenvalue weighted by Crippen LogP contribution is 2.00. The summed E-state index contributed by atoms with van der Waals surface area (Å²) in [5.41, 5.74) is 0. The first-order valence-electron chi connectivity index (χ1n) is 5.77. The van der Waals surface area contributed by atoms with Gasteiger partial charge in [-0.15, -0.1) is 6.42 Å². The summed E-state index contributed by atoms with van der Waals surface area (Å²) < 4.78 is 4.40. The highest BCUT2D eigenvalue weighted by atomic mass is 16.5. The van der Waals surface area contributed by atoms with E-state index in [0.29, 0.717) is 6.42 Å². The number of ether oxygens (including phenoxy) is 1. The van der Waals surface area contributed by atoms with Gasteiger partial charge in [0, 0.05) is 6.42 Å². The SMILES string of the molecule is C#CC(CC)NC(=O)N[C@@H](CCC(=O)OC)C(=O)O. The maximum Gasteiger partial charge on any atom is 0.326 e. The summed E-state index contributed by atoms with van der Waals surface area (Å²) in [7, 11) is 1.21. The Morgan fingerprint density at radius 2 is 2.00 bits per heavy atom. The number of esters is 1. The van der Waals surface area contributed by atoms with Crippen LogP contribution in [0.4, 0.5) is 4.79 Å². The molecule has 0 saturated heterocycles. The number of carbonyl (C=O) groups is 3. The number of carboxylic acid groups (broad SMARTS) is 1. The van der Waals surface area contributed by atoms with Gasteiger partial charge in [-0.05, 0) is 12.8 Å². The van der Waals surface area contributed by atoms with Crippen LogP contribution in [0.1, 0.15) is 26.2 Å². The smallest absolute Gasteiger partial charge is 0.326 e. The third kappa shape index (κ3) is 6.93. The minimum absolute atomic E-state index is 0.0533. The van der Waals surface area contributed by atoms with E-state index in [4.69, 9.17) is 11.5 Å². The van der Waals surface area contributed by atoms with Crippen LogP contribution in [0.15, 0.2) is 0 Å². The van der Waals surface area contributed by atoms with E-state index in [1.54, 1.807) is 6.92 Å². The van der Waals surface area contributed by atoms with Gasteiger partial charge in [-0.2, -0.15) is 0 Å². The Morgan fingerprint density at radius 3 is 2.42 bits per heavy atom. The highest BCUT2D eigenvalue weighted by Gasteiger charge is 2.21.